The number of thioether (sulfide) groups is 1. The average Bonchev–Trinajstić information content (AvgIpc) is 2.66. The molecule has 0 saturated heterocycles. The number of allylic oxidation sites excluding steroid dienone is 3. The molecule has 0 spiro atoms. The molecule has 2 aromatic carbocycles. The van der Waals surface area contributed by atoms with Crippen molar-refractivity contribution in [2.45, 2.75) is 37.5 Å². The second-order valence-electron chi connectivity index (χ2n) is 7.30. The van der Waals surface area contributed by atoms with Crippen LogP contribution in [0.3, 0.4) is 0 Å². The third kappa shape index (κ3) is 4.67. The van der Waals surface area contributed by atoms with Crippen molar-refractivity contribution in [3.05, 3.63) is 81.9 Å². The van der Waals surface area contributed by atoms with E-state index in [0.29, 0.717) is 0 Å². The second-order valence-corrected chi connectivity index (χ2v) is 8.52. The molecule has 27 heavy (non-hydrogen) atoms. The standard InChI is InChI=1S/C25H27NS/c1-6-24(26(4)5)19(3)22-9-7-8-20(16-22)11-12-21-13-15-25-23(17-21)14-10-18(2)27-25/h1,7-9,13,15-17H,2,10-12,14H2,3-5H3/b24-19+. The van der Waals surface area contributed by atoms with Gasteiger partial charge in [-0.05, 0) is 71.4 Å². The molecule has 0 radical (unpaired) electrons. The first-order valence-electron chi connectivity index (χ1n) is 9.39. The van der Waals surface area contributed by atoms with Crippen LogP contribution in [0.1, 0.15) is 35.6 Å². The quantitative estimate of drug-likeness (QED) is 0.596. The van der Waals surface area contributed by atoms with Gasteiger partial charge in [-0.1, -0.05) is 60.7 Å². The Morgan fingerprint density at radius 3 is 2.56 bits per heavy atom. The van der Waals surface area contributed by atoms with E-state index >= 15 is 0 Å². The molecule has 1 heterocycles. The Labute approximate surface area is 168 Å². The highest BCUT2D eigenvalue weighted by Crippen LogP contribution is 2.37. The van der Waals surface area contributed by atoms with E-state index in [-0.39, 0.29) is 0 Å². The van der Waals surface area contributed by atoms with Crippen LogP contribution in [0.5, 0.6) is 0 Å². The van der Waals surface area contributed by atoms with Crippen molar-refractivity contribution < 1.29 is 0 Å². The van der Waals surface area contributed by atoms with Crippen LogP contribution in [-0.2, 0) is 19.3 Å². The molecule has 0 atom stereocenters. The fraction of sp³-hybridized carbons (Fsp3) is 0.280. The molecule has 0 saturated carbocycles. The number of aryl methyl sites for hydroxylation is 3. The lowest BCUT2D eigenvalue weighted by Crippen LogP contribution is -2.11. The summed E-state index contributed by atoms with van der Waals surface area (Å²) in [7, 11) is 3.98. The Balaban J connectivity index is 1.74. The van der Waals surface area contributed by atoms with E-state index in [1.165, 1.54) is 32.1 Å². The number of terminal acetylenes is 1. The summed E-state index contributed by atoms with van der Waals surface area (Å²) in [6.45, 7) is 6.21. The Bertz CT molecular complexity index is 928. The molecular weight excluding hydrogens is 346 g/mol. The summed E-state index contributed by atoms with van der Waals surface area (Å²) in [5.74, 6) is 2.81. The van der Waals surface area contributed by atoms with E-state index in [4.69, 9.17) is 6.42 Å². The predicted octanol–water partition coefficient (Wildman–Crippen LogP) is 5.95. The van der Waals surface area contributed by atoms with Gasteiger partial charge in [0.15, 0.2) is 0 Å². The zero-order valence-electron chi connectivity index (χ0n) is 16.5. The van der Waals surface area contributed by atoms with Crippen molar-refractivity contribution in [3.63, 3.8) is 0 Å². The molecule has 0 N–H and O–H groups in total. The molecule has 0 bridgehead atoms. The summed E-state index contributed by atoms with van der Waals surface area (Å²) < 4.78 is 0. The van der Waals surface area contributed by atoms with Gasteiger partial charge in [-0.15, -0.1) is 6.42 Å². The van der Waals surface area contributed by atoms with E-state index < -0.39 is 0 Å². The number of hydrogen-bond acceptors (Lipinski definition) is 2. The van der Waals surface area contributed by atoms with E-state index in [0.717, 1.165) is 37.0 Å². The highest BCUT2D eigenvalue weighted by molar-refractivity contribution is 8.03. The van der Waals surface area contributed by atoms with Crippen LogP contribution in [0, 0.1) is 12.3 Å². The fourth-order valence-electron chi connectivity index (χ4n) is 3.52. The van der Waals surface area contributed by atoms with Crippen molar-refractivity contribution in [1.82, 2.24) is 4.90 Å². The SMILES string of the molecule is C#C/C(=C(/C)c1cccc(CCc2ccc3c(c2)CCC(=C)S3)c1)N(C)C. The van der Waals surface area contributed by atoms with E-state index in [1.54, 1.807) is 0 Å². The maximum Gasteiger partial charge on any atom is 0.0907 e. The van der Waals surface area contributed by atoms with Crippen LogP contribution < -0.4 is 0 Å². The molecule has 3 rings (SSSR count). The summed E-state index contributed by atoms with van der Waals surface area (Å²) in [6.07, 6.45) is 10.00. The summed E-state index contributed by atoms with van der Waals surface area (Å²) >= 11 is 1.83. The van der Waals surface area contributed by atoms with Gasteiger partial charge in [0.05, 0.1) is 5.70 Å². The Kier molecular flexibility index (Phi) is 6.14. The highest BCUT2D eigenvalue weighted by atomic mass is 32.2. The lowest BCUT2D eigenvalue weighted by atomic mass is 9.97. The van der Waals surface area contributed by atoms with Gasteiger partial charge < -0.3 is 4.90 Å². The summed E-state index contributed by atoms with van der Waals surface area (Å²) in [5.41, 5.74) is 7.52. The van der Waals surface area contributed by atoms with Crippen LogP contribution in [0.25, 0.3) is 5.57 Å². The first-order chi connectivity index (χ1) is 13.0. The van der Waals surface area contributed by atoms with Gasteiger partial charge >= 0.3 is 0 Å². The van der Waals surface area contributed by atoms with Crippen molar-refractivity contribution in [1.29, 1.82) is 0 Å². The first kappa shape index (κ1) is 19.4. The van der Waals surface area contributed by atoms with Gasteiger partial charge in [-0.25, -0.2) is 0 Å². The Morgan fingerprint density at radius 1 is 1.11 bits per heavy atom. The second kappa shape index (κ2) is 8.55. The highest BCUT2D eigenvalue weighted by Gasteiger charge is 2.13. The van der Waals surface area contributed by atoms with Gasteiger partial charge in [0.25, 0.3) is 0 Å². The minimum atomic E-state index is 0.931. The number of benzene rings is 2. The molecule has 0 fully saturated rings. The number of rotatable bonds is 5. The van der Waals surface area contributed by atoms with Crippen LogP contribution in [0.15, 0.2) is 64.5 Å². The lowest BCUT2D eigenvalue weighted by Gasteiger charge is -2.18. The third-order valence-corrected chi connectivity index (χ3v) is 6.16. The minimum Gasteiger partial charge on any atom is -0.371 e. The maximum atomic E-state index is 5.69. The van der Waals surface area contributed by atoms with Crippen molar-refractivity contribution in [2.75, 3.05) is 14.1 Å². The molecule has 1 aliphatic heterocycles. The maximum absolute atomic E-state index is 5.69. The summed E-state index contributed by atoms with van der Waals surface area (Å²) in [6, 6.07) is 15.7. The number of fused-ring (bicyclic) bond motifs is 1. The smallest absolute Gasteiger partial charge is 0.0907 e. The molecule has 138 valence electrons. The number of hydrogen-bond donors (Lipinski definition) is 0. The first-order valence-corrected chi connectivity index (χ1v) is 10.2. The van der Waals surface area contributed by atoms with Crippen molar-refractivity contribution >= 4 is 17.3 Å². The van der Waals surface area contributed by atoms with E-state index in [1.807, 2.05) is 30.8 Å². The molecule has 2 aromatic rings. The molecule has 1 nitrogen and oxygen atoms in total. The fourth-order valence-corrected chi connectivity index (χ4v) is 4.47. The molecule has 0 aromatic heterocycles. The Morgan fingerprint density at radius 2 is 1.85 bits per heavy atom. The monoisotopic (exact) mass is 373 g/mol. The van der Waals surface area contributed by atoms with Gasteiger partial charge in [-0.3, -0.25) is 0 Å². The molecule has 2 heteroatoms. The largest absolute Gasteiger partial charge is 0.371 e. The molecule has 0 amide bonds. The van der Waals surface area contributed by atoms with Crippen LogP contribution >= 0.6 is 11.8 Å². The predicted molar refractivity (Wildman–Crippen MR) is 119 cm³/mol. The summed E-state index contributed by atoms with van der Waals surface area (Å²) in [4.78, 5) is 4.66. The molecule has 1 aliphatic rings. The third-order valence-electron chi connectivity index (χ3n) is 5.05. The van der Waals surface area contributed by atoms with Crippen molar-refractivity contribution in [2.24, 2.45) is 0 Å². The van der Waals surface area contributed by atoms with E-state index in [9.17, 15) is 0 Å². The zero-order chi connectivity index (χ0) is 19.4. The minimum absolute atomic E-state index is 0.931. The zero-order valence-corrected chi connectivity index (χ0v) is 17.3. The van der Waals surface area contributed by atoms with Crippen molar-refractivity contribution in [3.8, 4) is 12.3 Å². The topological polar surface area (TPSA) is 3.24 Å². The van der Waals surface area contributed by atoms with Crippen LogP contribution in [0.4, 0.5) is 0 Å². The van der Waals surface area contributed by atoms with Gasteiger partial charge in [0.2, 0.25) is 0 Å². The molecule has 0 aliphatic carbocycles. The summed E-state index contributed by atoms with van der Waals surface area (Å²) in [5, 5.41) is 0. The Hall–Kier alpha value is -2.37. The lowest BCUT2D eigenvalue weighted by molar-refractivity contribution is 0.537. The molecule has 0 unspecified atom stereocenters. The van der Waals surface area contributed by atoms with Gasteiger partial charge in [0.1, 0.15) is 0 Å². The van der Waals surface area contributed by atoms with Gasteiger partial charge in [0, 0.05) is 19.0 Å². The number of nitrogens with zero attached hydrogens (tertiary/aromatic N) is 1. The normalized spacial score (nSPS) is 14.2. The molecular formula is C25H27NS. The van der Waals surface area contributed by atoms with Crippen LogP contribution in [0.2, 0.25) is 0 Å². The van der Waals surface area contributed by atoms with E-state index in [2.05, 4.69) is 61.9 Å². The van der Waals surface area contributed by atoms with Crippen LogP contribution in [-0.4, -0.2) is 19.0 Å². The average molecular weight is 374 g/mol. The van der Waals surface area contributed by atoms with Gasteiger partial charge in [-0.2, -0.15) is 0 Å².